The number of para-hydroxylation sites is 1. The van der Waals surface area contributed by atoms with Crippen molar-refractivity contribution in [2.45, 2.75) is 45.3 Å². The van der Waals surface area contributed by atoms with E-state index in [1.54, 1.807) is 36.4 Å². The van der Waals surface area contributed by atoms with Crippen LogP contribution in [0.3, 0.4) is 0 Å². The molecule has 0 radical (unpaired) electrons. The molecule has 0 bridgehead atoms. The molecule has 0 fully saturated rings. The summed E-state index contributed by atoms with van der Waals surface area (Å²) in [6.45, 7) is 2.54. The molecule has 1 amide bonds. The molecule has 182 valence electrons. The normalized spacial score (nSPS) is 12.1. The Hall–Kier alpha value is -3.77. The monoisotopic (exact) mass is 472 g/mol. The third kappa shape index (κ3) is 5.66. The second-order valence-corrected chi connectivity index (χ2v) is 8.91. The molecular formula is C29H32N2O4. The Kier molecular flexibility index (Phi) is 7.73. The minimum Gasteiger partial charge on any atom is -0.507 e. The van der Waals surface area contributed by atoms with Gasteiger partial charge in [0.2, 0.25) is 0 Å². The van der Waals surface area contributed by atoms with Crippen molar-refractivity contribution < 1.29 is 20.1 Å². The summed E-state index contributed by atoms with van der Waals surface area (Å²) in [4.78, 5) is 12.3. The van der Waals surface area contributed by atoms with E-state index in [0.29, 0.717) is 24.1 Å². The fourth-order valence-corrected chi connectivity index (χ4v) is 4.41. The number of aliphatic hydroxyl groups excluding tert-OH is 1. The fraction of sp³-hybridized carbons (Fsp3) is 0.276. The molecule has 3 aromatic carbocycles. The van der Waals surface area contributed by atoms with Gasteiger partial charge in [-0.15, -0.1) is 0 Å². The zero-order chi connectivity index (χ0) is 24.8. The molecule has 4 rings (SSSR count). The molecular weight excluding hydrogens is 440 g/mol. The second-order valence-electron chi connectivity index (χ2n) is 8.91. The number of fused-ring (bicyclic) bond motifs is 1. The number of carbonyl (C=O) groups excluding carboxylic acids is 1. The first-order valence-corrected chi connectivity index (χ1v) is 12.1. The molecule has 0 aliphatic rings. The van der Waals surface area contributed by atoms with Gasteiger partial charge in [-0.3, -0.25) is 4.79 Å². The van der Waals surface area contributed by atoms with E-state index < -0.39 is 6.10 Å². The van der Waals surface area contributed by atoms with Crippen molar-refractivity contribution in [3.8, 4) is 11.5 Å². The molecule has 4 N–H and O–H groups in total. The van der Waals surface area contributed by atoms with E-state index in [0.717, 1.165) is 41.3 Å². The quantitative estimate of drug-likeness (QED) is 0.267. The zero-order valence-electron chi connectivity index (χ0n) is 19.9. The third-order valence-corrected chi connectivity index (χ3v) is 6.33. The molecule has 0 saturated heterocycles. The van der Waals surface area contributed by atoms with Gasteiger partial charge in [0.15, 0.2) is 0 Å². The number of aliphatic hydroxyl groups is 1. The predicted molar refractivity (Wildman–Crippen MR) is 138 cm³/mol. The number of amides is 1. The fourth-order valence-electron chi connectivity index (χ4n) is 4.41. The molecule has 6 nitrogen and oxygen atoms in total. The van der Waals surface area contributed by atoms with Crippen LogP contribution >= 0.6 is 0 Å². The lowest BCUT2D eigenvalue weighted by molar-refractivity contribution is 0.0916. The van der Waals surface area contributed by atoms with Crippen LogP contribution in [0.5, 0.6) is 11.5 Å². The summed E-state index contributed by atoms with van der Waals surface area (Å²) in [7, 11) is 0. The molecule has 0 aliphatic carbocycles. The number of hydrogen-bond donors (Lipinski definition) is 4. The van der Waals surface area contributed by atoms with Crippen molar-refractivity contribution in [1.82, 2.24) is 9.88 Å². The first-order chi connectivity index (χ1) is 17.0. The number of carbonyl (C=O) groups is 1. The maximum absolute atomic E-state index is 12.3. The van der Waals surface area contributed by atoms with Crippen molar-refractivity contribution in [1.29, 1.82) is 0 Å². The lowest BCUT2D eigenvalue weighted by atomic mass is 10.0. The molecule has 4 aromatic rings. The Labute approximate surface area is 205 Å². The highest BCUT2D eigenvalue weighted by Gasteiger charge is 2.17. The topological polar surface area (TPSA) is 94.7 Å². The van der Waals surface area contributed by atoms with Gasteiger partial charge >= 0.3 is 0 Å². The van der Waals surface area contributed by atoms with Crippen LogP contribution in [0.25, 0.3) is 10.9 Å². The van der Waals surface area contributed by atoms with Crippen LogP contribution in [0, 0.1) is 0 Å². The van der Waals surface area contributed by atoms with Gasteiger partial charge in [0.1, 0.15) is 11.5 Å². The Balaban J connectivity index is 1.53. The van der Waals surface area contributed by atoms with E-state index in [1.165, 1.54) is 0 Å². The van der Waals surface area contributed by atoms with Gasteiger partial charge in [-0.2, -0.15) is 0 Å². The van der Waals surface area contributed by atoms with Crippen LogP contribution in [0.1, 0.15) is 46.8 Å². The Bertz CT molecular complexity index is 1300. The van der Waals surface area contributed by atoms with Crippen molar-refractivity contribution in [2.75, 3.05) is 6.54 Å². The summed E-state index contributed by atoms with van der Waals surface area (Å²) in [5.41, 5.74) is 3.75. The summed E-state index contributed by atoms with van der Waals surface area (Å²) >= 11 is 0. The molecule has 35 heavy (non-hydrogen) atoms. The third-order valence-electron chi connectivity index (χ3n) is 6.33. The number of aromatic nitrogens is 1. The first-order valence-electron chi connectivity index (χ1n) is 12.1. The molecule has 0 unspecified atom stereocenters. The number of aromatic hydroxyl groups is 2. The van der Waals surface area contributed by atoms with Gasteiger partial charge in [0.25, 0.3) is 5.91 Å². The minimum atomic E-state index is -0.763. The molecule has 6 heteroatoms. The molecule has 0 spiro atoms. The molecule has 1 atom stereocenters. The highest BCUT2D eigenvalue weighted by molar-refractivity contribution is 5.94. The summed E-state index contributed by atoms with van der Waals surface area (Å²) < 4.78 is 1.98. The van der Waals surface area contributed by atoms with Crippen LogP contribution in [-0.2, 0) is 19.4 Å². The molecule has 1 aromatic heterocycles. The van der Waals surface area contributed by atoms with Crippen LogP contribution in [0.4, 0.5) is 0 Å². The number of phenolic OH excluding ortho intramolecular Hbond substituents is 2. The Morgan fingerprint density at radius 3 is 2.49 bits per heavy atom. The Morgan fingerprint density at radius 2 is 1.71 bits per heavy atom. The summed E-state index contributed by atoms with van der Waals surface area (Å²) in [6.07, 6.45) is 4.29. The van der Waals surface area contributed by atoms with Crippen LogP contribution in [0.2, 0.25) is 0 Å². The number of nitrogens with one attached hydrogen (secondary N) is 1. The smallest absolute Gasteiger partial charge is 0.251 e. The van der Waals surface area contributed by atoms with E-state index in [-0.39, 0.29) is 24.0 Å². The number of nitrogens with zero attached hydrogens (tertiary/aromatic N) is 1. The minimum absolute atomic E-state index is 0.0609. The van der Waals surface area contributed by atoms with Gasteiger partial charge in [-0.1, -0.05) is 55.8 Å². The highest BCUT2D eigenvalue weighted by atomic mass is 16.3. The number of unbranched alkanes of at least 4 members (excludes halogenated alkanes) is 1. The van der Waals surface area contributed by atoms with Crippen molar-refractivity contribution in [3.63, 3.8) is 0 Å². The van der Waals surface area contributed by atoms with E-state index in [1.807, 2.05) is 41.1 Å². The number of hydrogen-bond acceptors (Lipinski definition) is 4. The zero-order valence-corrected chi connectivity index (χ0v) is 19.9. The van der Waals surface area contributed by atoms with Crippen LogP contribution in [-0.4, -0.2) is 38.4 Å². The second kappa shape index (κ2) is 11.1. The SMILES string of the molecule is CCCCc1ccc(O)c(Cn2cc(C[C@H](O)CNC(=O)c3ccccc3)c3ccccc32)c1O. The Morgan fingerprint density at radius 1 is 0.971 bits per heavy atom. The standard InChI is InChI=1S/C29H32N2O4/c1-2-3-9-20-14-15-27(33)25(28(20)34)19-31-18-22(24-12-7-8-13-26(24)31)16-23(32)17-30-29(35)21-10-5-4-6-11-21/h4-8,10-15,18,23,32-34H,2-3,9,16-17,19H2,1H3,(H,30,35)/t23-/m0/s1. The molecule has 1 heterocycles. The summed E-state index contributed by atoms with van der Waals surface area (Å²) in [5, 5.41) is 35.8. The van der Waals surface area contributed by atoms with Crippen LogP contribution < -0.4 is 5.32 Å². The van der Waals surface area contributed by atoms with E-state index >= 15 is 0 Å². The average molecular weight is 473 g/mol. The maximum Gasteiger partial charge on any atom is 0.251 e. The molecule has 0 aliphatic heterocycles. The average Bonchev–Trinajstić information content (AvgIpc) is 3.22. The summed E-state index contributed by atoms with van der Waals surface area (Å²) in [6, 6.07) is 20.2. The highest BCUT2D eigenvalue weighted by Crippen LogP contribution is 2.34. The largest absolute Gasteiger partial charge is 0.507 e. The number of benzene rings is 3. The maximum atomic E-state index is 12.3. The number of rotatable bonds is 10. The van der Waals surface area contributed by atoms with E-state index in [9.17, 15) is 20.1 Å². The lowest BCUT2D eigenvalue weighted by Gasteiger charge is -2.13. The van der Waals surface area contributed by atoms with Crippen molar-refractivity contribution >= 4 is 16.8 Å². The van der Waals surface area contributed by atoms with Gasteiger partial charge in [-0.25, -0.2) is 0 Å². The predicted octanol–water partition coefficient (Wildman–Crippen LogP) is 4.78. The van der Waals surface area contributed by atoms with Gasteiger partial charge in [0, 0.05) is 35.6 Å². The first kappa shape index (κ1) is 24.4. The van der Waals surface area contributed by atoms with Crippen molar-refractivity contribution in [2.24, 2.45) is 0 Å². The lowest BCUT2D eigenvalue weighted by Crippen LogP contribution is -2.33. The molecule has 0 saturated carbocycles. The summed E-state index contributed by atoms with van der Waals surface area (Å²) in [5.74, 6) is -0.0202. The van der Waals surface area contributed by atoms with Crippen molar-refractivity contribution in [3.05, 3.63) is 95.2 Å². The van der Waals surface area contributed by atoms with Gasteiger partial charge < -0.3 is 25.2 Å². The van der Waals surface area contributed by atoms with Gasteiger partial charge in [-0.05, 0) is 48.2 Å². The van der Waals surface area contributed by atoms with E-state index in [2.05, 4.69) is 12.2 Å². The van der Waals surface area contributed by atoms with Gasteiger partial charge in [0.05, 0.1) is 18.2 Å². The van der Waals surface area contributed by atoms with E-state index in [4.69, 9.17) is 0 Å². The number of phenols is 2. The van der Waals surface area contributed by atoms with Crippen LogP contribution in [0.15, 0.2) is 72.9 Å². The number of aryl methyl sites for hydroxylation is 1.